The van der Waals surface area contributed by atoms with Crippen LogP contribution in [0.2, 0.25) is 0 Å². The van der Waals surface area contributed by atoms with E-state index in [1.807, 2.05) is 20.2 Å². The Hall–Kier alpha value is -1.13. The van der Waals surface area contributed by atoms with Gasteiger partial charge in [0.05, 0.1) is 12.2 Å². The number of carbonyl (C=O) groups excluding carboxylic acids is 1. The smallest absolute Gasteiger partial charge is 0.222 e. The molecule has 5 atom stereocenters. The summed E-state index contributed by atoms with van der Waals surface area (Å²) in [6.45, 7) is 0. The van der Waals surface area contributed by atoms with Gasteiger partial charge in [-0.1, -0.05) is 36.6 Å². The zero-order valence-electron chi connectivity index (χ0n) is 17.0. The van der Waals surface area contributed by atoms with Crippen molar-refractivity contribution >= 4 is 5.91 Å². The monoisotopic (exact) mass is 375 g/mol. The van der Waals surface area contributed by atoms with Crippen molar-refractivity contribution in [3.63, 3.8) is 0 Å². The lowest BCUT2D eigenvalue weighted by Gasteiger charge is -2.20. The Kier molecular flexibility index (Phi) is 7.16. The van der Waals surface area contributed by atoms with Gasteiger partial charge in [0, 0.05) is 26.4 Å². The number of fused-ring (bicyclic) bond motifs is 1. The van der Waals surface area contributed by atoms with Crippen molar-refractivity contribution in [3.05, 3.63) is 23.8 Å². The second-order valence-corrected chi connectivity index (χ2v) is 9.15. The minimum atomic E-state index is -0.346. The Morgan fingerprint density at radius 3 is 2.74 bits per heavy atom. The van der Waals surface area contributed by atoms with Crippen molar-refractivity contribution in [3.8, 4) is 0 Å². The molecule has 0 bridgehead atoms. The Labute approximate surface area is 164 Å². The van der Waals surface area contributed by atoms with Gasteiger partial charge in [0.15, 0.2) is 0 Å². The molecule has 0 heterocycles. The van der Waals surface area contributed by atoms with Crippen LogP contribution < -0.4 is 0 Å². The number of aliphatic hydroxyl groups is 2. The summed E-state index contributed by atoms with van der Waals surface area (Å²) >= 11 is 0. The number of amides is 1. The summed E-state index contributed by atoms with van der Waals surface area (Å²) in [5, 5.41) is 20.9. The Bertz CT molecular complexity index is 562. The number of allylic oxidation sites excluding steroid dienone is 2. The first kappa shape index (κ1) is 20.6. The van der Waals surface area contributed by atoms with Gasteiger partial charge < -0.3 is 15.1 Å². The molecule has 4 nitrogen and oxygen atoms in total. The van der Waals surface area contributed by atoms with E-state index in [1.165, 1.54) is 18.4 Å². The second-order valence-electron chi connectivity index (χ2n) is 9.15. The SMILES string of the molecule is CN(C)C(=O)CCCCC1=C[C@H]2C[C@@H](O)[C@H](C=C[C@@H](O)C3CCCC3)[C@H]2C1. The van der Waals surface area contributed by atoms with Gasteiger partial charge in [-0.15, -0.1) is 0 Å². The molecule has 0 aromatic heterocycles. The summed E-state index contributed by atoms with van der Waals surface area (Å²) in [6.07, 6.45) is 16.2. The Balaban J connectivity index is 1.45. The van der Waals surface area contributed by atoms with Gasteiger partial charge in [0.2, 0.25) is 5.91 Å². The molecule has 2 fully saturated rings. The molecular weight excluding hydrogens is 338 g/mol. The lowest BCUT2D eigenvalue weighted by Crippen LogP contribution is -2.21. The summed E-state index contributed by atoms with van der Waals surface area (Å²) in [5.74, 6) is 1.77. The topological polar surface area (TPSA) is 60.8 Å². The number of aliphatic hydroxyl groups excluding tert-OH is 2. The predicted octanol–water partition coefficient (Wildman–Crippen LogP) is 3.69. The van der Waals surface area contributed by atoms with Gasteiger partial charge in [0.25, 0.3) is 0 Å². The molecule has 1 amide bonds. The molecule has 0 aromatic rings. The molecule has 3 rings (SSSR count). The van der Waals surface area contributed by atoms with Crippen LogP contribution in [0.1, 0.15) is 64.2 Å². The standard InChI is InChI=1S/C23H37NO3/c1-24(2)23(27)10-6-3-7-16-13-18-15-22(26)19(20(18)14-16)11-12-21(25)17-8-4-5-9-17/h11-13,17-22,25-26H,3-10,14-15H2,1-2H3/t18-,19+,20-,21+,22+/m0/s1. The molecule has 2 saturated carbocycles. The predicted molar refractivity (Wildman–Crippen MR) is 108 cm³/mol. The van der Waals surface area contributed by atoms with Crippen LogP contribution in [0.15, 0.2) is 23.8 Å². The van der Waals surface area contributed by atoms with Crippen molar-refractivity contribution in [2.75, 3.05) is 14.1 Å². The normalized spacial score (nSPS) is 32.1. The number of rotatable bonds is 8. The van der Waals surface area contributed by atoms with Gasteiger partial charge >= 0.3 is 0 Å². The zero-order valence-corrected chi connectivity index (χ0v) is 17.0. The van der Waals surface area contributed by atoms with E-state index < -0.39 is 0 Å². The maximum Gasteiger partial charge on any atom is 0.222 e. The van der Waals surface area contributed by atoms with Crippen molar-refractivity contribution in [1.82, 2.24) is 4.90 Å². The quantitative estimate of drug-likeness (QED) is 0.502. The van der Waals surface area contributed by atoms with Crippen LogP contribution in [0, 0.1) is 23.7 Å². The third kappa shape index (κ3) is 5.23. The highest BCUT2D eigenvalue weighted by Crippen LogP contribution is 2.48. The van der Waals surface area contributed by atoms with E-state index in [0.29, 0.717) is 24.2 Å². The van der Waals surface area contributed by atoms with E-state index >= 15 is 0 Å². The molecule has 0 spiro atoms. The summed E-state index contributed by atoms with van der Waals surface area (Å²) in [6, 6.07) is 0. The van der Waals surface area contributed by atoms with Crippen LogP contribution in [0.25, 0.3) is 0 Å². The van der Waals surface area contributed by atoms with Crippen molar-refractivity contribution in [2.24, 2.45) is 23.7 Å². The largest absolute Gasteiger partial charge is 0.392 e. The highest BCUT2D eigenvalue weighted by molar-refractivity contribution is 5.75. The van der Waals surface area contributed by atoms with Crippen molar-refractivity contribution in [1.29, 1.82) is 0 Å². The van der Waals surface area contributed by atoms with E-state index in [-0.39, 0.29) is 24.0 Å². The van der Waals surface area contributed by atoms with Crippen LogP contribution in [0.5, 0.6) is 0 Å². The van der Waals surface area contributed by atoms with Crippen LogP contribution in [0.4, 0.5) is 0 Å². The highest BCUT2D eigenvalue weighted by atomic mass is 16.3. The lowest BCUT2D eigenvalue weighted by atomic mass is 9.88. The van der Waals surface area contributed by atoms with E-state index in [4.69, 9.17) is 0 Å². The molecule has 4 heteroatoms. The zero-order chi connectivity index (χ0) is 19.4. The molecule has 0 aromatic carbocycles. The highest BCUT2D eigenvalue weighted by Gasteiger charge is 2.43. The number of carbonyl (C=O) groups is 1. The van der Waals surface area contributed by atoms with Crippen molar-refractivity contribution < 1.29 is 15.0 Å². The number of hydrogen-bond donors (Lipinski definition) is 2. The van der Waals surface area contributed by atoms with Crippen LogP contribution >= 0.6 is 0 Å². The number of unbranched alkanes of at least 4 members (excludes halogenated alkanes) is 1. The molecule has 0 radical (unpaired) electrons. The second kappa shape index (κ2) is 9.38. The average Bonchev–Trinajstić information content (AvgIpc) is 3.33. The summed E-state index contributed by atoms with van der Waals surface area (Å²) < 4.78 is 0. The molecule has 0 saturated heterocycles. The average molecular weight is 376 g/mol. The van der Waals surface area contributed by atoms with Crippen LogP contribution in [0.3, 0.4) is 0 Å². The van der Waals surface area contributed by atoms with E-state index in [1.54, 1.807) is 4.90 Å². The van der Waals surface area contributed by atoms with E-state index in [9.17, 15) is 15.0 Å². The first-order valence-electron chi connectivity index (χ1n) is 10.9. The van der Waals surface area contributed by atoms with E-state index in [2.05, 4.69) is 12.2 Å². The fourth-order valence-corrected chi connectivity index (χ4v) is 5.34. The molecule has 152 valence electrons. The summed E-state index contributed by atoms with van der Waals surface area (Å²) in [7, 11) is 3.62. The van der Waals surface area contributed by atoms with Gasteiger partial charge in [-0.25, -0.2) is 0 Å². The Morgan fingerprint density at radius 2 is 2.04 bits per heavy atom. The molecule has 3 aliphatic carbocycles. The molecule has 2 N–H and O–H groups in total. The maximum absolute atomic E-state index is 11.7. The summed E-state index contributed by atoms with van der Waals surface area (Å²) in [5.41, 5.74) is 1.50. The molecule has 0 unspecified atom stereocenters. The van der Waals surface area contributed by atoms with Gasteiger partial charge in [-0.2, -0.15) is 0 Å². The molecule has 27 heavy (non-hydrogen) atoms. The maximum atomic E-state index is 11.7. The minimum absolute atomic E-state index is 0.176. The molecule has 0 aliphatic heterocycles. The van der Waals surface area contributed by atoms with Gasteiger partial charge in [-0.05, 0) is 62.7 Å². The van der Waals surface area contributed by atoms with Crippen molar-refractivity contribution in [2.45, 2.75) is 76.4 Å². The molecular formula is C23H37NO3. The first-order chi connectivity index (χ1) is 13.0. The third-order valence-electron chi connectivity index (χ3n) is 7.00. The Morgan fingerprint density at radius 1 is 1.30 bits per heavy atom. The fraction of sp³-hybridized carbons (Fsp3) is 0.783. The number of hydrogen-bond acceptors (Lipinski definition) is 3. The third-order valence-corrected chi connectivity index (χ3v) is 7.00. The molecule has 3 aliphatic rings. The lowest BCUT2D eigenvalue weighted by molar-refractivity contribution is -0.128. The van der Waals surface area contributed by atoms with Gasteiger partial charge in [-0.3, -0.25) is 4.79 Å². The van der Waals surface area contributed by atoms with Gasteiger partial charge in [0.1, 0.15) is 0 Å². The summed E-state index contributed by atoms with van der Waals surface area (Å²) in [4.78, 5) is 13.3. The fourth-order valence-electron chi connectivity index (χ4n) is 5.34. The first-order valence-corrected chi connectivity index (χ1v) is 10.9. The van der Waals surface area contributed by atoms with Crippen LogP contribution in [-0.2, 0) is 4.79 Å². The van der Waals surface area contributed by atoms with Crippen LogP contribution in [-0.4, -0.2) is 47.3 Å². The number of nitrogens with zero attached hydrogens (tertiary/aromatic N) is 1. The minimum Gasteiger partial charge on any atom is -0.392 e. The van der Waals surface area contributed by atoms with E-state index in [0.717, 1.165) is 44.9 Å².